The molecular formula is C9H12O3S. The van der Waals surface area contributed by atoms with Gasteiger partial charge >= 0.3 is 0 Å². The van der Waals surface area contributed by atoms with Crippen LogP contribution < -0.4 is 0 Å². The van der Waals surface area contributed by atoms with Crippen LogP contribution >= 0.6 is 0 Å². The summed E-state index contributed by atoms with van der Waals surface area (Å²) in [5, 5.41) is 0. The first-order valence-corrected chi connectivity index (χ1v) is 5.46. The van der Waals surface area contributed by atoms with E-state index in [9.17, 15) is 8.42 Å². The molecule has 0 saturated heterocycles. The SMILES string of the molecule is COS(=O)(=O)Cc1ccccc1C. The Kier molecular flexibility index (Phi) is 3.06. The number of aryl methyl sites for hydroxylation is 1. The summed E-state index contributed by atoms with van der Waals surface area (Å²) in [4.78, 5) is 0. The van der Waals surface area contributed by atoms with Crippen molar-refractivity contribution in [3.05, 3.63) is 35.4 Å². The van der Waals surface area contributed by atoms with Crippen LogP contribution in [0.1, 0.15) is 11.1 Å². The van der Waals surface area contributed by atoms with Gasteiger partial charge in [0.2, 0.25) is 0 Å². The summed E-state index contributed by atoms with van der Waals surface area (Å²) in [5.41, 5.74) is 1.74. The molecule has 0 aromatic heterocycles. The Morgan fingerprint density at radius 3 is 2.46 bits per heavy atom. The molecule has 0 bridgehead atoms. The van der Waals surface area contributed by atoms with Gasteiger partial charge in [-0.25, -0.2) is 0 Å². The molecule has 3 nitrogen and oxygen atoms in total. The second-order valence-corrected chi connectivity index (χ2v) is 4.53. The van der Waals surface area contributed by atoms with Crippen LogP contribution in [-0.4, -0.2) is 15.5 Å². The number of hydrogen-bond donors (Lipinski definition) is 0. The molecule has 0 saturated carbocycles. The van der Waals surface area contributed by atoms with E-state index >= 15 is 0 Å². The van der Waals surface area contributed by atoms with Gasteiger partial charge in [-0.15, -0.1) is 0 Å². The van der Waals surface area contributed by atoms with E-state index in [0.717, 1.165) is 11.1 Å². The van der Waals surface area contributed by atoms with Gasteiger partial charge in [0, 0.05) is 0 Å². The average Bonchev–Trinajstić information content (AvgIpc) is 2.09. The number of hydrogen-bond acceptors (Lipinski definition) is 3. The predicted molar refractivity (Wildman–Crippen MR) is 50.8 cm³/mol. The topological polar surface area (TPSA) is 43.4 Å². The Labute approximate surface area is 78.5 Å². The first kappa shape index (κ1) is 10.2. The zero-order valence-electron chi connectivity index (χ0n) is 7.65. The van der Waals surface area contributed by atoms with Crippen molar-refractivity contribution < 1.29 is 12.6 Å². The van der Waals surface area contributed by atoms with Gasteiger partial charge < -0.3 is 0 Å². The van der Waals surface area contributed by atoms with Gasteiger partial charge in [0.1, 0.15) is 5.75 Å². The van der Waals surface area contributed by atoms with Crippen LogP contribution in [-0.2, 0) is 20.1 Å². The molecule has 13 heavy (non-hydrogen) atoms. The van der Waals surface area contributed by atoms with Crippen molar-refractivity contribution >= 4 is 10.1 Å². The van der Waals surface area contributed by atoms with Gasteiger partial charge in [-0.2, -0.15) is 8.42 Å². The largest absolute Gasteiger partial charge is 0.273 e. The highest BCUT2D eigenvalue weighted by atomic mass is 32.2. The summed E-state index contributed by atoms with van der Waals surface area (Å²) in [5.74, 6) is -0.0594. The molecule has 0 unspecified atom stereocenters. The minimum absolute atomic E-state index is 0.0594. The zero-order chi connectivity index (χ0) is 9.90. The summed E-state index contributed by atoms with van der Waals surface area (Å²) >= 11 is 0. The lowest BCUT2D eigenvalue weighted by Crippen LogP contribution is -2.06. The highest BCUT2D eigenvalue weighted by molar-refractivity contribution is 7.85. The Balaban J connectivity index is 2.93. The molecule has 0 spiro atoms. The van der Waals surface area contributed by atoms with Crippen LogP contribution in [0.15, 0.2) is 24.3 Å². The molecule has 4 heteroatoms. The van der Waals surface area contributed by atoms with E-state index in [-0.39, 0.29) is 5.75 Å². The third kappa shape index (κ3) is 2.82. The molecule has 0 radical (unpaired) electrons. The van der Waals surface area contributed by atoms with Gasteiger partial charge in [0.25, 0.3) is 10.1 Å². The van der Waals surface area contributed by atoms with Crippen LogP contribution in [0, 0.1) is 6.92 Å². The van der Waals surface area contributed by atoms with E-state index in [1.54, 1.807) is 6.07 Å². The van der Waals surface area contributed by atoms with Gasteiger partial charge in [-0.05, 0) is 18.1 Å². The van der Waals surface area contributed by atoms with Crippen molar-refractivity contribution in [1.29, 1.82) is 0 Å². The van der Waals surface area contributed by atoms with Gasteiger partial charge in [0.05, 0.1) is 7.11 Å². The van der Waals surface area contributed by atoms with E-state index in [1.807, 2.05) is 25.1 Å². The van der Waals surface area contributed by atoms with Crippen molar-refractivity contribution in [1.82, 2.24) is 0 Å². The molecule has 0 N–H and O–H groups in total. The Hall–Kier alpha value is -0.870. The Bertz CT molecular complexity index is 382. The molecule has 0 aliphatic rings. The maximum atomic E-state index is 11.1. The van der Waals surface area contributed by atoms with E-state index < -0.39 is 10.1 Å². The second-order valence-electron chi connectivity index (χ2n) is 2.80. The van der Waals surface area contributed by atoms with E-state index in [4.69, 9.17) is 0 Å². The summed E-state index contributed by atoms with van der Waals surface area (Å²) in [6.07, 6.45) is 0. The second kappa shape index (κ2) is 3.89. The molecule has 1 aromatic carbocycles. The van der Waals surface area contributed by atoms with E-state index in [0.29, 0.717) is 0 Å². The van der Waals surface area contributed by atoms with Crippen LogP contribution in [0.25, 0.3) is 0 Å². The molecule has 0 atom stereocenters. The molecule has 0 amide bonds. The Morgan fingerprint density at radius 1 is 1.31 bits per heavy atom. The molecule has 0 aliphatic carbocycles. The van der Waals surface area contributed by atoms with Gasteiger partial charge in [-0.3, -0.25) is 4.18 Å². The molecule has 1 rings (SSSR count). The highest BCUT2D eigenvalue weighted by Gasteiger charge is 2.10. The summed E-state index contributed by atoms with van der Waals surface area (Å²) in [7, 11) is -2.22. The lowest BCUT2D eigenvalue weighted by atomic mass is 10.1. The summed E-state index contributed by atoms with van der Waals surface area (Å²) in [6.45, 7) is 1.88. The van der Waals surface area contributed by atoms with Crippen LogP contribution in [0.3, 0.4) is 0 Å². The lowest BCUT2D eigenvalue weighted by molar-refractivity contribution is 0.397. The lowest BCUT2D eigenvalue weighted by Gasteiger charge is -2.04. The first-order valence-electron chi connectivity index (χ1n) is 3.88. The number of benzene rings is 1. The maximum Gasteiger partial charge on any atom is 0.271 e. The standard InChI is InChI=1S/C9H12O3S/c1-8-5-3-4-6-9(8)7-13(10,11)12-2/h3-6H,7H2,1-2H3. The van der Waals surface area contributed by atoms with E-state index in [1.165, 1.54) is 7.11 Å². The zero-order valence-corrected chi connectivity index (χ0v) is 8.47. The van der Waals surface area contributed by atoms with Crippen LogP contribution in [0.5, 0.6) is 0 Å². The maximum absolute atomic E-state index is 11.1. The van der Waals surface area contributed by atoms with Gasteiger partial charge in [0.15, 0.2) is 0 Å². The monoisotopic (exact) mass is 200 g/mol. The molecule has 0 aliphatic heterocycles. The minimum atomic E-state index is -3.40. The summed E-state index contributed by atoms with van der Waals surface area (Å²) < 4.78 is 26.6. The Morgan fingerprint density at radius 2 is 1.92 bits per heavy atom. The van der Waals surface area contributed by atoms with Crippen LogP contribution in [0.4, 0.5) is 0 Å². The van der Waals surface area contributed by atoms with E-state index in [2.05, 4.69) is 4.18 Å². The van der Waals surface area contributed by atoms with Crippen LogP contribution in [0.2, 0.25) is 0 Å². The fraction of sp³-hybridized carbons (Fsp3) is 0.333. The van der Waals surface area contributed by atoms with Crippen molar-refractivity contribution in [3.8, 4) is 0 Å². The fourth-order valence-electron chi connectivity index (χ4n) is 1.02. The highest BCUT2D eigenvalue weighted by Crippen LogP contribution is 2.11. The molecule has 0 fully saturated rings. The number of rotatable bonds is 3. The third-order valence-corrected chi connectivity index (χ3v) is 3.02. The normalized spacial score (nSPS) is 11.5. The quantitative estimate of drug-likeness (QED) is 0.694. The molecular weight excluding hydrogens is 188 g/mol. The predicted octanol–water partition coefficient (Wildman–Crippen LogP) is 1.47. The van der Waals surface area contributed by atoms with Crippen molar-refractivity contribution in [2.45, 2.75) is 12.7 Å². The summed E-state index contributed by atoms with van der Waals surface area (Å²) in [6, 6.07) is 7.35. The van der Waals surface area contributed by atoms with Gasteiger partial charge in [-0.1, -0.05) is 24.3 Å². The fourth-order valence-corrected chi connectivity index (χ4v) is 1.84. The van der Waals surface area contributed by atoms with Crippen molar-refractivity contribution in [2.24, 2.45) is 0 Å². The minimum Gasteiger partial charge on any atom is -0.273 e. The van der Waals surface area contributed by atoms with Crippen molar-refractivity contribution in [2.75, 3.05) is 7.11 Å². The van der Waals surface area contributed by atoms with Crippen molar-refractivity contribution in [3.63, 3.8) is 0 Å². The molecule has 0 heterocycles. The average molecular weight is 200 g/mol. The molecule has 1 aromatic rings. The first-order chi connectivity index (χ1) is 6.05. The smallest absolute Gasteiger partial charge is 0.271 e. The molecule has 72 valence electrons. The third-order valence-electron chi connectivity index (χ3n) is 1.85.